The number of nitrogens with one attached hydrogen (secondary N) is 1. The zero-order valence-electron chi connectivity index (χ0n) is 16.0. The molecule has 0 fully saturated rings. The minimum Gasteiger partial charge on any atom is -0.508 e. The van der Waals surface area contributed by atoms with Crippen LogP contribution in [-0.2, 0) is 21.4 Å². The molecule has 2 aromatic rings. The van der Waals surface area contributed by atoms with Gasteiger partial charge in [0.05, 0.1) is 10.5 Å². The molecule has 0 radical (unpaired) electrons. The molecule has 2 aromatic carbocycles. The van der Waals surface area contributed by atoms with E-state index in [1.165, 1.54) is 30.3 Å². The molecule has 150 valence electrons. The van der Waals surface area contributed by atoms with E-state index in [-0.39, 0.29) is 28.4 Å². The number of ether oxygens (including phenoxy) is 1. The molecular weight excluding hydrogens is 380 g/mol. The number of sulfonamides is 1. The lowest BCUT2D eigenvalue weighted by Crippen LogP contribution is -2.30. The Labute approximate surface area is 164 Å². The van der Waals surface area contributed by atoms with Gasteiger partial charge in [0.25, 0.3) is 0 Å². The first-order valence-electron chi connectivity index (χ1n) is 8.52. The molecule has 7 nitrogen and oxygen atoms in total. The number of rotatable bonds is 6. The fourth-order valence-electron chi connectivity index (χ4n) is 2.32. The van der Waals surface area contributed by atoms with Crippen molar-refractivity contribution in [3.05, 3.63) is 65.4 Å². The molecule has 2 rings (SSSR count). The van der Waals surface area contributed by atoms with Crippen LogP contribution in [0.5, 0.6) is 5.75 Å². The van der Waals surface area contributed by atoms with Crippen LogP contribution in [0.1, 0.15) is 42.3 Å². The van der Waals surface area contributed by atoms with Gasteiger partial charge in [-0.3, -0.25) is 0 Å². The van der Waals surface area contributed by atoms with Crippen molar-refractivity contribution in [1.29, 1.82) is 0 Å². The summed E-state index contributed by atoms with van der Waals surface area (Å²) >= 11 is 0. The number of phenolic OH excluding ortho intramolecular Hbond substituents is 1. The molecule has 0 heterocycles. The van der Waals surface area contributed by atoms with Crippen molar-refractivity contribution >= 4 is 22.1 Å². The van der Waals surface area contributed by atoms with E-state index in [4.69, 9.17) is 9.88 Å². The number of carbonyl (C=O) groups excluding carboxylic acids is 1. The molecule has 0 bridgehead atoms. The molecule has 0 unspecified atom stereocenters. The number of carbonyl (C=O) groups is 1. The molecule has 0 saturated carbocycles. The number of primary sulfonamides is 1. The second kappa shape index (κ2) is 8.45. The van der Waals surface area contributed by atoms with E-state index in [1.54, 1.807) is 18.3 Å². The molecule has 0 aromatic heterocycles. The normalized spacial score (nSPS) is 12.1. The third-order valence-electron chi connectivity index (χ3n) is 3.67. The SMILES string of the molecule is CC(C)(C)N/C=C/c1ccc(O)c(COC(=O)c2ccccc2S(N)(=O)=O)c1. The lowest BCUT2D eigenvalue weighted by molar-refractivity contribution is 0.0466. The van der Waals surface area contributed by atoms with E-state index >= 15 is 0 Å². The smallest absolute Gasteiger partial charge is 0.339 e. The van der Waals surface area contributed by atoms with Gasteiger partial charge in [-0.15, -0.1) is 0 Å². The summed E-state index contributed by atoms with van der Waals surface area (Å²) in [6.07, 6.45) is 3.62. The number of nitrogens with two attached hydrogens (primary N) is 1. The van der Waals surface area contributed by atoms with Crippen LogP contribution in [0.25, 0.3) is 6.08 Å². The Bertz CT molecular complexity index is 992. The van der Waals surface area contributed by atoms with Gasteiger partial charge in [-0.05, 0) is 62.9 Å². The third-order valence-corrected chi connectivity index (χ3v) is 4.64. The minimum absolute atomic E-state index is 0.0338. The Morgan fingerprint density at radius 2 is 1.89 bits per heavy atom. The highest BCUT2D eigenvalue weighted by Crippen LogP contribution is 2.22. The van der Waals surface area contributed by atoms with Crippen molar-refractivity contribution in [3.8, 4) is 5.75 Å². The van der Waals surface area contributed by atoms with Crippen LogP contribution in [0.3, 0.4) is 0 Å². The maximum absolute atomic E-state index is 12.3. The van der Waals surface area contributed by atoms with Gasteiger partial charge in [0.15, 0.2) is 0 Å². The van der Waals surface area contributed by atoms with E-state index in [9.17, 15) is 18.3 Å². The van der Waals surface area contributed by atoms with Gasteiger partial charge in [0.2, 0.25) is 10.0 Å². The Hall–Kier alpha value is -2.84. The third kappa shape index (κ3) is 6.11. The largest absolute Gasteiger partial charge is 0.508 e. The number of esters is 1. The summed E-state index contributed by atoms with van der Waals surface area (Å²) in [5.41, 5.74) is 0.947. The minimum atomic E-state index is -4.07. The van der Waals surface area contributed by atoms with Crippen molar-refractivity contribution in [2.75, 3.05) is 0 Å². The molecular formula is C20H24N2O5S. The van der Waals surface area contributed by atoms with E-state index in [0.29, 0.717) is 5.56 Å². The lowest BCUT2D eigenvalue weighted by atomic mass is 10.1. The van der Waals surface area contributed by atoms with Gasteiger partial charge in [0.1, 0.15) is 12.4 Å². The van der Waals surface area contributed by atoms with Crippen molar-refractivity contribution in [1.82, 2.24) is 5.32 Å². The summed E-state index contributed by atoms with van der Waals surface area (Å²) in [7, 11) is -4.07. The molecule has 0 aliphatic rings. The van der Waals surface area contributed by atoms with Gasteiger partial charge in [-0.1, -0.05) is 18.2 Å². The highest BCUT2D eigenvalue weighted by Gasteiger charge is 2.20. The topological polar surface area (TPSA) is 119 Å². The van der Waals surface area contributed by atoms with E-state index in [2.05, 4.69) is 5.32 Å². The zero-order chi connectivity index (χ0) is 20.9. The summed E-state index contributed by atoms with van der Waals surface area (Å²) in [6, 6.07) is 10.4. The maximum atomic E-state index is 12.3. The Balaban J connectivity index is 2.15. The molecule has 0 atom stereocenters. The van der Waals surface area contributed by atoms with E-state index in [1.807, 2.05) is 26.8 Å². The van der Waals surface area contributed by atoms with Crippen LogP contribution < -0.4 is 10.5 Å². The van der Waals surface area contributed by atoms with Gasteiger partial charge < -0.3 is 15.2 Å². The molecule has 0 aliphatic carbocycles. The van der Waals surface area contributed by atoms with E-state index in [0.717, 1.165) is 5.56 Å². The van der Waals surface area contributed by atoms with Gasteiger partial charge in [-0.25, -0.2) is 18.4 Å². The first-order chi connectivity index (χ1) is 13.0. The van der Waals surface area contributed by atoms with Crippen molar-refractivity contribution < 1.29 is 23.1 Å². The Morgan fingerprint density at radius 1 is 1.21 bits per heavy atom. The van der Waals surface area contributed by atoms with E-state index < -0.39 is 16.0 Å². The average molecular weight is 404 g/mol. The summed E-state index contributed by atoms with van der Waals surface area (Å²) < 4.78 is 28.4. The maximum Gasteiger partial charge on any atom is 0.339 e. The molecule has 0 amide bonds. The molecule has 0 saturated heterocycles. The second-order valence-corrected chi connectivity index (χ2v) is 8.76. The molecule has 0 aliphatic heterocycles. The molecule has 4 N–H and O–H groups in total. The zero-order valence-corrected chi connectivity index (χ0v) is 16.8. The monoisotopic (exact) mass is 404 g/mol. The fourth-order valence-corrected chi connectivity index (χ4v) is 3.04. The van der Waals surface area contributed by atoms with Crippen LogP contribution in [0.4, 0.5) is 0 Å². The van der Waals surface area contributed by atoms with Gasteiger partial charge >= 0.3 is 5.97 Å². The van der Waals surface area contributed by atoms with Crippen LogP contribution in [0.15, 0.2) is 53.6 Å². The summed E-state index contributed by atoms with van der Waals surface area (Å²) in [4.78, 5) is 12.0. The number of hydrogen-bond acceptors (Lipinski definition) is 6. The predicted molar refractivity (Wildman–Crippen MR) is 107 cm³/mol. The Kier molecular flexibility index (Phi) is 6.48. The second-order valence-electron chi connectivity index (χ2n) is 7.23. The number of benzene rings is 2. The van der Waals surface area contributed by atoms with Crippen LogP contribution in [0.2, 0.25) is 0 Å². The number of hydrogen-bond donors (Lipinski definition) is 3. The standard InChI is InChI=1S/C20H24N2O5S/c1-20(2,3)22-11-10-14-8-9-17(23)15(12-14)13-27-19(24)16-6-4-5-7-18(16)28(21,25)26/h4-12,22-23H,13H2,1-3H3,(H2,21,25,26)/b11-10+. The van der Waals surface area contributed by atoms with Crippen LogP contribution in [0, 0.1) is 0 Å². The van der Waals surface area contributed by atoms with Crippen molar-refractivity contribution in [2.45, 2.75) is 37.8 Å². The Morgan fingerprint density at radius 3 is 2.54 bits per heavy atom. The fraction of sp³-hybridized carbons (Fsp3) is 0.250. The first-order valence-corrected chi connectivity index (χ1v) is 10.1. The quantitative estimate of drug-likeness (QED) is 0.637. The lowest BCUT2D eigenvalue weighted by Gasteiger charge is -2.18. The van der Waals surface area contributed by atoms with Gasteiger partial charge in [0, 0.05) is 11.1 Å². The van der Waals surface area contributed by atoms with Crippen molar-refractivity contribution in [2.24, 2.45) is 5.14 Å². The first kappa shape index (κ1) is 21.5. The molecule has 0 spiro atoms. The number of phenols is 1. The summed E-state index contributed by atoms with van der Waals surface area (Å²) in [5, 5.41) is 18.3. The average Bonchev–Trinajstić information content (AvgIpc) is 2.60. The molecule has 8 heteroatoms. The van der Waals surface area contributed by atoms with Crippen LogP contribution >= 0.6 is 0 Å². The number of aromatic hydroxyl groups is 1. The molecule has 28 heavy (non-hydrogen) atoms. The van der Waals surface area contributed by atoms with Gasteiger partial charge in [-0.2, -0.15) is 0 Å². The van der Waals surface area contributed by atoms with Crippen LogP contribution in [-0.4, -0.2) is 25.0 Å². The highest BCUT2D eigenvalue weighted by molar-refractivity contribution is 7.89. The highest BCUT2D eigenvalue weighted by atomic mass is 32.2. The predicted octanol–water partition coefficient (Wildman–Crippen LogP) is 2.76. The summed E-state index contributed by atoms with van der Waals surface area (Å²) in [6.45, 7) is 5.85. The summed E-state index contributed by atoms with van der Waals surface area (Å²) in [5.74, 6) is -0.882. The van der Waals surface area contributed by atoms with Crippen molar-refractivity contribution in [3.63, 3.8) is 0 Å².